The molecule has 128 valence electrons. The number of ketones is 1. The lowest BCUT2D eigenvalue weighted by atomic mass is 9.51. The molecule has 1 saturated heterocycles. The Morgan fingerprint density at radius 3 is 2.83 bits per heavy atom. The average Bonchev–Trinajstić information content (AvgIpc) is 2.50. The number of piperidine rings is 1. The number of aromatic hydroxyl groups is 1. The van der Waals surface area contributed by atoms with E-state index in [2.05, 4.69) is 14.1 Å². The van der Waals surface area contributed by atoms with Crippen LogP contribution < -0.4 is 5.73 Å². The Morgan fingerprint density at radius 1 is 1.38 bits per heavy atom. The molecule has 2 bridgehead atoms. The lowest BCUT2D eigenvalue weighted by molar-refractivity contribution is -0.927. The Morgan fingerprint density at radius 2 is 2.12 bits per heavy atom. The van der Waals surface area contributed by atoms with Crippen LogP contribution in [-0.4, -0.2) is 48.0 Å². The molecule has 2 fully saturated rings. The predicted octanol–water partition coefficient (Wildman–Crippen LogP) is 1.50. The number of carbonyl (C=O) groups is 2. The van der Waals surface area contributed by atoms with Gasteiger partial charge < -0.3 is 15.3 Å². The molecule has 1 saturated carbocycles. The molecule has 3 aliphatic rings. The number of likely N-dealkylation sites (N-methyl/N-ethyl adjacent to an activating group) is 1. The topological polar surface area (TPSA) is 80.4 Å². The fourth-order valence-electron chi connectivity index (χ4n) is 5.71. The normalized spacial score (nSPS) is 33.5. The lowest BCUT2D eigenvalue weighted by Crippen LogP contribution is -2.67. The third-order valence-electron chi connectivity index (χ3n) is 6.91. The Balaban J connectivity index is 1.98. The number of hydrogen-bond acceptors (Lipinski definition) is 3. The summed E-state index contributed by atoms with van der Waals surface area (Å²) in [5.74, 6) is 0.0548. The smallest absolute Gasteiger partial charge is 0.252 e. The maximum Gasteiger partial charge on any atom is 0.252 e. The molecule has 1 heterocycles. The van der Waals surface area contributed by atoms with Crippen LogP contribution in [0.5, 0.6) is 5.75 Å². The van der Waals surface area contributed by atoms with E-state index >= 15 is 0 Å². The van der Waals surface area contributed by atoms with Gasteiger partial charge in [0.15, 0.2) is 0 Å². The fraction of sp³-hybridized carbons (Fsp3) is 0.579. The van der Waals surface area contributed by atoms with Crippen molar-refractivity contribution in [2.24, 2.45) is 11.7 Å². The number of amides is 1. The number of nitrogens with zero attached hydrogens (tertiary/aromatic N) is 1. The van der Waals surface area contributed by atoms with Crippen molar-refractivity contribution >= 4 is 11.7 Å². The number of phenols is 1. The first-order valence-electron chi connectivity index (χ1n) is 8.76. The molecule has 5 nitrogen and oxygen atoms in total. The SMILES string of the molecule is C[N+]1(C)CCC23CC(=O)CC[C@H]2C1Cc1ccc(C(N)=O)c(O)c13. The molecule has 3 N–H and O–H groups in total. The number of benzene rings is 1. The first-order chi connectivity index (χ1) is 11.3. The second kappa shape index (κ2) is 4.82. The third kappa shape index (κ3) is 1.91. The molecule has 2 aliphatic carbocycles. The van der Waals surface area contributed by atoms with Gasteiger partial charge in [-0.2, -0.15) is 0 Å². The Kier molecular flexibility index (Phi) is 3.14. The number of hydrogen-bond donors (Lipinski definition) is 2. The van der Waals surface area contributed by atoms with Crippen LogP contribution in [-0.2, 0) is 16.6 Å². The summed E-state index contributed by atoms with van der Waals surface area (Å²) >= 11 is 0. The molecule has 4 rings (SSSR count). The quantitative estimate of drug-likeness (QED) is 0.766. The van der Waals surface area contributed by atoms with Crippen LogP contribution in [0.4, 0.5) is 0 Å². The summed E-state index contributed by atoms with van der Waals surface area (Å²) in [5.41, 5.74) is 7.22. The summed E-state index contributed by atoms with van der Waals surface area (Å²) in [7, 11) is 4.54. The second-order valence-electron chi connectivity index (χ2n) is 8.40. The van der Waals surface area contributed by atoms with Crippen molar-refractivity contribution in [3.05, 3.63) is 28.8 Å². The summed E-state index contributed by atoms with van der Waals surface area (Å²) in [6, 6.07) is 4.02. The van der Waals surface area contributed by atoms with E-state index in [0.717, 1.165) is 41.4 Å². The zero-order chi connectivity index (χ0) is 17.3. The standard InChI is InChI=1S/C19H24N2O3/c1-21(2)8-7-19-10-12(22)4-6-14(19)15(21)9-11-3-5-13(18(20)24)17(23)16(11)19/h3,5,14-15H,4,6-10H2,1-2H3,(H2-,20,23,24)/p+1/t14-,15?,19?/m0/s1. The zero-order valence-electron chi connectivity index (χ0n) is 14.3. The number of carbonyl (C=O) groups excluding carboxylic acids is 2. The lowest BCUT2D eigenvalue weighted by Gasteiger charge is -2.60. The van der Waals surface area contributed by atoms with Crippen LogP contribution in [0.15, 0.2) is 12.1 Å². The Labute approximate surface area is 142 Å². The molecule has 0 aromatic heterocycles. The number of nitrogens with two attached hydrogens (primary N) is 1. The van der Waals surface area contributed by atoms with Crippen molar-refractivity contribution in [1.82, 2.24) is 0 Å². The van der Waals surface area contributed by atoms with E-state index in [-0.39, 0.29) is 22.5 Å². The minimum atomic E-state index is -0.612. The summed E-state index contributed by atoms with van der Waals surface area (Å²) in [6.45, 7) is 0.980. The molecule has 1 amide bonds. The molecule has 24 heavy (non-hydrogen) atoms. The highest BCUT2D eigenvalue weighted by molar-refractivity contribution is 5.96. The molecule has 2 unspecified atom stereocenters. The van der Waals surface area contributed by atoms with Crippen molar-refractivity contribution in [2.45, 2.75) is 43.6 Å². The summed E-state index contributed by atoms with van der Waals surface area (Å²) < 4.78 is 0.957. The molecule has 0 radical (unpaired) electrons. The van der Waals surface area contributed by atoms with Crippen molar-refractivity contribution in [1.29, 1.82) is 0 Å². The first kappa shape index (κ1) is 15.6. The summed E-state index contributed by atoms with van der Waals surface area (Å²) in [6.07, 6.45) is 3.75. The van der Waals surface area contributed by atoms with Crippen molar-refractivity contribution in [3.8, 4) is 5.75 Å². The number of fused-ring (bicyclic) bond motifs is 1. The summed E-state index contributed by atoms with van der Waals surface area (Å²) in [4.78, 5) is 24.0. The van der Waals surface area contributed by atoms with E-state index in [4.69, 9.17) is 5.73 Å². The highest BCUT2D eigenvalue weighted by Crippen LogP contribution is 2.58. The van der Waals surface area contributed by atoms with Crippen LogP contribution >= 0.6 is 0 Å². The van der Waals surface area contributed by atoms with Crippen molar-refractivity contribution < 1.29 is 19.2 Å². The maximum atomic E-state index is 12.3. The van der Waals surface area contributed by atoms with Gasteiger partial charge in [0, 0.05) is 42.6 Å². The molecular formula is C19H25N2O3+. The van der Waals surface area contributed by atoms with Gasteiger partial charge in [0.05, 0.1) is 32.2 Å². The Bertz CT molecular complexity index is 755. The highest BCUT2D eigenvalue weighted by Gasteiger charge is 2.60. The molecule has 0 spiro atoms. The van der Waals surface area contributed by atoms with Gasteiger partial charge in [-0.05, 0) is 18.1 Å². The monoisotopic (exact) mass is 329 g/mol. The van der Waals surface area contributed by atoms with E-state index < -0.39 is 5.91 Å². The van der Waals surface area contributed by atoms with E-state index in [1.807, 2.05) is 6.07 Å². The van der Waals surface area contributed by atoms with Gasteiger partial charge in [-0.1, -0.05) is 6.07 Å². The van der Waals surface area contributed by atoms with Gasteiger partial charge in [-0.3, -0.25) is 9.59 Å². The molecular weight excluding hydrogens is 304 g/mol. The average molecular weight is 329 g/mol. The number of quaternary nitrogens is 1. The molecule has 3 atom stereocenters. The van der Waals surface area contributed by atoms with Crippen molar-refractivity contribution in [3.63, 3.8) is 0 Å². The van der Waals surface area contributed by atoms with Crippen LogP contribution in [0.2, 0.25) is 0 Å². The van der Waals surface area contributed by atoms with Gasteiger partial charge in [0.1, 0.15) is 11.5 Å². The van der Waals surface area contributed by atoms with Gasteiger partial charge >= 0.3 is 0 Å². The molecule has 5 heteroatoms. The van der Waals surface area contributed by atoms with Gasteiger partial charge in [0.2, 0.25) is 0 Å². The molecule has 1 aromatic rings. The molecule has 1 aromatic carbocycles. The minimum absolute atomic E-state index is 0.0188. The number of rotatable bonds is 1. The zero-order valence-corrected chi connectivity index (χ0v) is 14.3. The number of likely N-dealkylation sites (tertiary alicyclic amines) is 1. The minimum Gasteiger partial charge on any atom is -0.507 e. The maximum absolute atomic E-state index is 12.3. The van der Waals surface area contributed by atoms with E-state index in [0.29, 0.717) is 24.8 Å². The van der Waals surface area contributed by atoms with Crippen LogP contribution in [0.1, 0.15) is 47.2 Å². The fourth-order valence-corrected chi connectivity index (χ4v) is 5.71. The predicted molar refractivity (Wildman–Crippen MR) is 89.7 cm³/mol. The van der Waals surface area contributed by atoms with Crippen LogP contribution in [0.25, 0.3) is 0 Å². The van der Waals surface area contributed by atoms with E-state index in [1.165, 1.54) is 0 Å². The van der Waals surface area contributed by atoms with Gasteiger partial charge in [-0.25, -0.2) is 0 Å². The number of primary amides is 1. The largest absolute Gasteiger partial charge is 0.507 e. The highest BCUT2D eigenvalue weighted by atomic mass is 16.3. The second-order valence-corrected chi connectivity index (χ2v) is 8.40. The van der Waals surface area contributed by atoms with Crippen LogP contribution in [0, 0.1) is 5.92 Å². The van der Waals surface area contributed by atoms with Crippen LogP contribution in [0.3, 0.4) is 0 Å². The van der Waals surface area contributed by atoms with Gasteiger partial charge in [-0.15, -0.1) is 0 Å². The summed E-state index contributed by atoms with van der Waals surface area (Å²) in [5, 5.41) is 10.8. The number of Topliss-reactive ketones (excluding diaryl/α,β-unsaturated/α-hetero) is 1. The Hall–Kier alpha value is -1.88. The third-order valence-corrected chi connectivity index (χ3v) is 6.91. The first-order valence-corrected chi connectivity index (χ1v) is 8.76. The van der Waals surface area contributed by atoms with Gasteiger partial charge in [0.25, 0.3) is 5.91 Å². The van der Waals surface area contributed by atoms with Crippen molar-refractivity contribution in [2.75, 3.05) is 20.6 Å². The van der Waals surface area contributed by atoms with E-state index in [1.54, 1.807) is 6.07 Å². The van der Waals surface area contributed by atoms with E-state index in [9.17, 15) is 14.7 Å². The molecule has 1 aliphatic heterocycles.